The topological polar surface area (TPSA) is 49.3 Å². The van der Waals surface area contributed by atoms with E-state index < -0.39 is 5.97 Å². The third kappa shape index (κ3) is 1.53. The van der Waals surface area contributed by atoms with Gasteiger partial charge in [0.2, 0.25) is 0 Å². The molecule has 4 atom stereocenters. The summed E-state index contributed by atoms with van der Waals surface area (Å²) in [7, 11) is 0. The number of hydrogen-bond donors (Lipinski definition) is 2. The first kappa shape index (κ1) is 14.1. The first-order valence-corrected chi connectivity index (χ1v) is 8.14. The van der Waals surface area contributed by atoms with Crippen LogP contribution in [0.1, 0.15) is 52.9 Å². The van der Waals surface area contributed by atoms with Crippen LogP contribution in [-0.4, -0.2) is 24.2 Å². The molecule has 4 unspecified atom stereocenters. The summed E-state index contributed by atoms with van der Waals surface area (Å²) in [6, 6.07) is 0. The number of fused-ring (bicyclic) bond motifs is 1. The number of carboxylic acid groups (broad SMARTS) is 1. The van der Waals surface area contributed by atoms with Gasteiger partial charge in [0.05, 0.1) is 0 Å². The molecule has 2 saturated carbocycles. The molecule has 0 amide bonds. The maximum absolute atomic E-state index is 11.6. The van der Waals surface area contributed by atoms with Gasteiger partial charge in [0.25, 0.3) is 0 Å². The van der Waals surface area contributed by atoms with Crippen molar-refractivity contribution < 1.29 is 9.90 Å². The minimum absolute atomic E-state index is 0.159. The van der Waals surface area contributed by atoms with Crippen molar-refractivity contribution >= 4 is 5.97 Å². The zero-order valence-electron chi connectivity index (χ0n) is 13.0. The van der Waals surface area contributed by atoms with Gasteiger partial charge in [0, 0.05) is 17.5 Å². The van der Waals surface area contributed by atoms with Gasteiger partial charge in [-0.25, -0.2) is 4.79 Å². The van der Waals surface area contributed by atoms with E-state index in [1.54, 1.807) is 0 Å². The Morgan fingerprint density at radius 2 is 2.20 bits per heavy atom. The van der Waals surface area contributed by atoms with Crippen LogP contribution in [0.4, 0.5) is 0 Å². The summed E-state index contributed by atoms with van der Waals surface area (Å²) in [5, 5.41) is 13.1. The van der Waals surface area contributed by atoms with Crippen molar-refractivity contribution in [2.75, 3.05) is 13.1 Å². The van der Waals surface area contributed by atoms with Crippen molar-refractivity contribution in [3.05, 3.63) is 11.1 Å². The van der Waals surface area contributed by atoms with E-state index in [1.807, 2.05) is 0 Å². The number of rotatable bonds is 4. The first-order valence-electron chi connectivity index (χ1n) is 8.14. The van der Waals surface area contributed by atoms with Crippen molar-refractivity contribution in [1.82, 2.24) is 5.32 Å². The maximum Gasteiger partial charge on any atom is 0.331 e. The summed E-state index contributed by atoms with van der Waals surface area (Å²) in [6.07, 6.45) is 5.41. The first-order chi connectivity index (χ1) is 9.47. The summed E-state index contributed by atoms with van der Waals surface area (Å²) in [5.41, 5.74) is 2.48. The third-order valence-electron chi connectivity index (χ3n) is 6.83. The van der Waals surface area contributed by atoms with E-state index in [2.05, 4.69) is 26.1 Å². The van der Waals surface area contributed by atoms with Gasteiger partial charge in [-0.1, -0.05) is 26.3 Å². The molecule has 112 valence electrons. The molecule has 2 fully saturated rings. The Bertz CT molecular complexity index is 470. The molecule has 1 spiro atoms. The molecular weight excluding hydrogens is 250 g/mol. The highest BCUT2D eigenvalue weighted by atomic mass is 16.4. The predicted molar refractivity (Wildman–Crippen MR) is 79.5 cm³/mol. The Kier molecular flexibility index (Phi) is 3.24. The Morgan fingerprint density at radius 3 is 2.85 bits per heavy atom. The van der Waals surface area contributed by atoms with E-state index in [4.69, 9.17) is 0 Å². The lowest BCUT2D eigenvalue weighted by Gasteiger charge is -2.53. The van der Waals surface area contributed by atoms with Crippen molar-refractivity contribution in [3.63, 3.8) is 0 Å². The fourth-order valence-electron chi connectivity index (χ4n) is 5.81. The predicted octanol–water partition coefficient (Wildman–Crippen LogP) is 3.21. The van der Waals surface area contributed by atoms with Gasteiger partial charge < -0.3 is 10.4 Å². The van der Waals surface area contributed by atoms with Gasteiger partial charge >= 0.3 is 5.97 Å². The monoisotopic (exact) mass is 277 g/mol. The lowest BCUT2D eigenvalue weighted by molar-refractivity contribution is -0.132. The lowest BCUT2D eigenvalue weighted by atomic mass is 9.52. The Balaban J connectivity index is 2.09. The summed E-state index contributed by atoms with van der Waals surface area (Å²) in [4.78, 5) is 11.6. The van der Waals surface area contributed by atoms with E-state index in [0.717, 1.165) is 37.9 Å². The minimum Gasteiger partial charge on any atom is -0.478 e. The van der Waals surface area contributed by atoms with Gasteiger partial charge in [-0.05, 0) is 55.9 Å². The summed E-state index contributed by atoms with van der Waals surface area (Å²) >= 11 is 0. The number of nitrogens with one attached hydrogen (secondary N) is 1. The zero-order valence-corrected chi connectivity index (χ0v) is 13.0. The van der Waals surface area contributed by atoms with E-state index in [9.17, 15) is 9.90 Å². The molecule has 3 heteroatoms. The van der Waals surface area contributed by atoms with Gasteiger partial charge in [0.1, 0.15) is 0 Å². The highest BCUT2D eigenvalue weighted by molar-refractivity contribution is 5.89. The molecule has 3 rings (SSSR count). The zero-order chi connectivity index (χ0) is 14.5. The molecule has 0 aromatic heterocycles. The van der Waals surface area contributed by atoms with Crippen molar-refractivity contribution in [2.24, 2.45) is 22.7 Å². The van der Waals surface area contributed by atoms with Crippen molar-refractivity contribution in [2.45, 2.75) is 52.9 Å². The minimum atomic E-state index is -0.664. The molecule has 0 radical (unpaired) electrons. The summed E-state index contributed by atoms with van der Waals surface area (Å²) < 4.78 is 0. The second-order valence-electron chi connectivity index (χ2n) is 7.31. The fourth-order valence-corrected chi connectivity index (χ4v) is 5.81. The Hall–Kier alpha value is -0.830. The molecule has 0 heterocycles. The molecule has 20 heavy (non-hydrogen) atoms. The van der Waals surface area contributed by atoms with Crippen LogP contribution < -0.4 is 5.32 Å². The second-order valence-corrected chi connectivity index (χ2v) is 7.31. The van der Waals surface area contributed by atoms with Gasteiger partial charge in [0.15, 0.2) is 0 Å². The maximum atomic E-state index is 11.6. The van der Waals surface area contributed by atoms with E-state index in [0.29, 0.717) is 11.8 Å². The van der Waals surface area contributed by atoms with E-state index in [1.165, 1.54) is 18.4 Å². The molecule has 2 N–H and O–H groups in total. The van der Waals surface area contributed by atoms with E-state index in [-0.39, 0.29) is 10.8 Å². The number of carbonyl (C=O) groups is 1. The van der Waals surface area contributed by atoms with Crippen LogP contribution in [0.25, 0.3) is 0 Å². The van der Waals surface area contributed by atoms with Crippen LogP contribution in [0.2, 0.25) is 0 Å². The molecular formula is C17H27NO2. The molecule has 3 aliphatic carbocycles. The fraction of sp³-hybridized carbons (Fsp3) is 0.824. The number of carboxylic acids is 1. The molecule has 3 aliphatic rings. The number of hydrogen-bond acceptors (Lipinski definition) is 2. The Labute approximate surface area is 121 Å². The standard InChI is InChI=1S/C17H27NO2/c1-4-18-10-16(3)12-6-5-11(2)17(16)8-7-13(15(19)20)14(17)9-12/h11-12,18H,4-10H2,1-3H3,(H,19,20). The average Bonchev–Trinajstić information content (AvgIpc) is 2.84. The van der Waals surface area contributed by atoms with Crippen molar-refractivity contribution in [1.29, 1.82) is 0 Å². The lowest BCUT2D eigenvalue weighted by Crippen LogP contribution is -2.52. The molecule has 0 saturated heterocycles. The highest BCUT2D eigenvalue weighted by Crippen LogP contribution is 2.72. The number of aliphatic carboxylic acids is 1. The Morgan fingerprint density at radius 1 is 1.45 bits per heavy atom. The van der Waals surface area contributed by atoms with Crippen LogP contribution in [0.5, 0.6) is 0 Å². The summed E-state index contributed by atoms with van der Waals surface area (Å²) in [6.45, 7) is 8.97. The van der Waals surface area contributed by atoms with Crippen LogP contribution in [0.3, 0.4) is 0 Å². The van der Waals surface area contributed by atoms with Gasteiger partial charge in [-0.2, -0.15) is 0 Å². The summed E-state index contributed by atoms with van der Waals surface area (Å²) in [5.74, 6) is 0.626. The number of allylic oxidation sites excluding steroid dienone is 1. The van der Waals surface area contributed by atoms with Crippen LogP contribution in [0.15, 0.2) is 11.1 Å². The van der Waals surface area contributed by atoms with Crippen LogP contribution >= 0.6 is 0 Å². The SMILES string of the molecule is CCNCC1(C)C2CCC(C)C13CCC(C(=O)O)=C3C2. The second kappa shape index (κ2) is 4.59. The highest BCUT2D eigenvalue weighted by Gasteiger charge is 2.66. The van der Waals surface area contributed by atoms with Crippen LogP contribution in [-0.2, 0) is 4.79 Å². The van der Waals surface area contributed by atoms with Gasteiger partial charge in [-0.15, -0.1) is 0 Å². The average molecular weight is 277 g/mol. The normalized spacial score (nSPS) is 43.0. The quantitative estimate of drug-likeness (QED) is 0.829. The van der Waals surface area contributed by atoms with Crippen LogP contribution in [0, 0.1) is 22.7 Å². The van der Waals surface area contributed by atoms with Gasteiger partial charge in [-0.3, -0.25) is 0 Å². The molecule has 0 aliphatic heterocycles. The molecule has 0 aromatic carbocycles. The molecule has 0 aromatic rings. The van der Waals surface area contributed by atoms with E-state index >= 15 is 0 Å². The smallest absolute Gasteiger partial charge is 0.331 e. The largest absolute Gasteiger partial charge is 0.478 e. The third-order valence-corrected chi connectivity index (χ3v) is 6.83. The molecule has 2 bridgehead atoms. The molecule has 3 nitrogen and oxygen atoms in total. The van der Waals surface area contributed by atoms with Crippen molar-refractivity contribution in [3.8, 4) is 0 Å².